The van der Waals surface area contributed by atoms with Gasteiger partial charge in [0, 0.05) is 6.04 Å². The summed E-state index contributed by atoms with van der Waals surface area (Å²) in [5.41, 5.74) is 0. The van der Waals surface area contributed by atoms with E-state index in [1.165, 1.54) is 6.92 Å². The Hall–Kier alpha value is -1.27. The van der Waals surface area contributed by atoms with Gasteiger partial charge in [0.25, 0.3) is 0 Å². The van der Waals surface area contributed by atoms with Gasteiger partial charge in [-0.25, -0.2) is 0 Å². The first-order chi connectivity index (χ1) is 6.63. The Balaban J connectivity index is 4.13. The fourth-order valence-corrected chi connectivity index (χ4v) is 0.878. The van der Waals surface area contributed by atoms with E-state index in [1.54, 1.807) is 0 Å². The monoisotopic (exact) mass is 227 g/mol. The molecule has 0 aliphatic heterocycles. The van der Waals surface area contributed by atoms with Crippen LogP contribution in [0.4, 0.5) is 13.2 Å². The van der Waals surface area contributed by atoms with Crippen molar-refractivity contribution in [1.82, 2.24) is 5.32 Å². The van der Waals surface area contributed by atoms with Crippen molar-refractivity contribution in [2.75, 3.05) is 0 Å². The molecule has 0 saturated carbocycles. The summed E-state index contributed by atoms with van der Waals surface area (Å²) in [6.07, 6.45) is -5.55. The molecular weight excluding hydrogens is 215 g/mol. The summed E-state index contributed by atoms with van der Waals surface area (Å²) in [6, 6.07) is -1.13. The molecule has 4 nitrogen and oxygen atoms in total. The number of alkyl halides is 3. The lowest BCUT2D eigenvalue weighted by atomic mass is 10.1. The summed E-state index contributed by atoms with van der Waals surface area (Å²) in [7, 11) is 0. The Morgan fingerprint density at radius 2 is 1.80 bits per heavy atom. The second kappa shape index (κ2) is 4.99. The molecular formula is C8H12F3NO3. The molecule has 0 rings (SSSR count). The SMILES string of the molecule is CC(CC(F)(F)F)NC(=O)C(C)C(=O)O. The second-order valence-corrected chi connectivity index (χ2v) is 3.29. The Morgan fingerprint density at radius 1 is 1.33 bits per heavy atom. The number of amides is 1. The summed E-state index contributed by atoms with van der Waals surface area (Å²) in [5, 5.41) is 10.4. The van der Waals surface area contributed by atoms with Gasteiger partial charge in [0.15, 0.2) is 0 Å². The zero-order valence-corrected chi connectivity index (χ0v) is 8.26. The smallest absolute Gasteiger partial charge is 0.391 e. The summed E-state index contributed by atoms with van der Waals surface area (Å²) < 4.78 is 35.5. The highest BCUT2D eigenvalue weighted by atomic mass is 19.4. The number of halogens is 3. The molecule has 0 radical (unpaired) electrons. The normalized spacial score (nSPS) is 15.5. The van der Waals surface area contributed by atoms with Crippen molar-refractivity contribution in [2.45, 2.75) is 32.5 Å². The zero-order valence-electron chi connectivity index (χ0n) is 8.26. The molecule has 15 heavy (non-hydrogen) atoms. The van der Waals surface area contributed by atoms with E-state index >= 15 is 0 Å². The lowest BCUT2D eigenvalue weighted by molar-refractivity contribution is -0.148. The Bertz CT molecular complexity index is 252. The number of hydrogen-bond donors (Lipinski definition) is 2. The topological polar surface area (TPSA) is 66.4 Å². The lowest BCUT2D eigenvalue weighted by Gasteiger charge is -2.17. The van der Waals surface area contributed by atoms with E-state index in [9.17, 15) is 22.8 Å². The first-order valence-corrected chi connectivity index (χ1v) is 4.23. The van der Waals surface area contributed by atoms with Crippen molar-refractivity contribution < 1.29 is 27.9 Å². The van der Waals surface area contributed by atoms with Crippen LogP contribution in [0.2, 0.25) is 0 Å². The minimum Gasteiger partial charge on any atom is -0.481 e. The van der Waals surface area contributed by atoms with Crippen LogP contribution in [0.5, 0.6) is 0 Å². The van der Waals surface area contributed by atoms with Gasteiger partial charge in [-0.2, -0.15) is 13.2 Å². The highest BCUT2D eigenvalue weighted by Gasteiger charge is 2.31. The van der Waals surface area contributed by atoms with Crippen molar-refractivity contribution in [3.8, 4) is 0 Å². The van der Waals surface area contributed by atoms with E-state index in [2.05, 4.69) is 0 Å². The summed E-state index contributed by atoms with van der Waals surface area (Å²) in [6.45, 7) is 2.28. The number of aliphatic carboxylic acids is 1. The minimum atomic E-state index is -4.38. The largest absolute Gasteiger partial charge is 0.481 e. The molecule has 0 aliphatic carbocycles. The number of hydrogen-bond acceptors (Lipinski definition) is 2. The summed E-state index contributed by atoms with van der Waals surface area (Å²) in [5.74, 6) is -3.63. The average molecular weight is 227 g/mol. The van der Waals surface area contributed by atoms with Gasteiger partial charge in [0.1, 0.15) is 5.92 Å². The number of carboxylic acid groups (broad SMARTS) is 1. The molecule has 2 atom stereocenters. The summed E-state index contributed by atoms with van der Waals surface area (Å²) >= 11 is 0. The molecule has 2 N–H and O–H groups in total. The van der Waals surface area contributed by atoms with Gasteiger partial charge >= 0.3 is 12.1 Å². The van der Waals surface area contributed by atoms with E-state index in [0.29, 0.717) is 0 Å². The third-order valence-corrected chi connectivity index (χ3v) is 1.69. The number of carbonyl (C=O) groups excluding carboxylic acids is 1. The van der Waals surface area contributed by atoms with Gasteiger partial charge in [-0.05, 0) is 13.8 Å². The number of nitrogens with one attached hydrogen (secondary N) is 1. The van der Waals surface area contributed by atoms with Crippen LogP contribution in [-0.4, -0.2) is 29.2 Å². The summed E-state index contributed by atoms with van der Waals surface area (Å²) in [4.78, 5) is 21.3. The molecule has 0 saturated heterocycles. The Kier molecular flexibility index (Phi) is 4.57. The third-order valence-electron chi connectivity index (χ3n) is 1.69. The van der Waals surface area contributed by atoms with Crippen molar-refractivity contribution in [3.05, 3.63) is 0 Å². The predicted octanol–water partition coefficient (Wildman–Crippen LogP) is 1.16. The second-order valence-electron chi connectivity index (χ2n) is 3.29. The molecule has 0 aliphatic rings. The molecule has 7 heteroatoms. The van der Waals surface area contributed by atoms with Gasteiger partial charge in [-0.15, -0.1) is 0 Å². The van der Waals surface area contributed by atoms with E-state index in [4.69, 9.17) is 5.11 Å². The first kappa shape index (κ1) is 13.7. The molecule has 0 spiro atoms. The van der Waals surface area contributed by atoms with Crippen molar-refractivity contribution in [1.29, 1.82) is 0 Å². The molecule has 2 unspecified atom stereocenters. The van der Waals surface area contributed by atoms with Gasteiger partial charge in [-0.3, -0.25) is 9.59 Å². The molecule has 0 heterocycles. The zero-order chi connectivity index (χ0) is 12.2. The number of carbonyl (C=O) groups is 2. The van der Waals surface area contributed by atoms with Crippen LogP contribution in [0.25, 0.3) is 0 Å². The fraction of sp³-hybridized carbons (Fsp3) is 0.750. The fourth-order valence-electron chi connectivity index (χ4n) is 0.878. The molecule has 0 aromatic rings. The van der Waals surface area contributed by atoms with E-state index in [1.807, 2.05) is 5.32 Å². The third kappa shape index (κ3) is 5.92. The maximum Gasteiger partial charge on any atom is 0.391 e. The Labute approximate surface area is 84.5 Å². The molecule has 0 fully saturated rings. The van der Waals surface area contributed by atoms with Crippen LogP contribution in [-0.2, 0) is 9.59 Å². The first-order valence-electron chi connectivity index (χ1n) is 4.23. The lowest BCUT2D eigenvalue weighted by Crippen LogP contribution is -2.41. The quantitative estimate of drug-likeness (QED) is 0.708. The molecule has 0 bridgehead atoms. The van der Waals surface area contributed by atoms with Crippen LogP contribution < -0.4 is 5.32 Å². The van der Waals surface area contributed by atoms with Gasteiger partial charge in [-0.1, -0.05) is 0 Å². The highest BCUT2D eigenvalue weighted by molar-refractivity contribution is 5.96. The van der Waals surface area contributed by atoms with E-state index in [-0.39, 0.29) is 0 Å². The minimum absolute atomic E-state index is 0.917. The molecule has 1 amide bonds. The standard InChI is InChI=1S/C8H12F3NO3/c1-4(3-8(9,10)11)12-6(13)5(2)7(14)15/h4-5H,3H2,1-2H3,(H,12,13)(H,14,15). The van der Waals surface area contributed by atoms with Crippen LogP contribution >= 0.6 is 0 Å². The van der Waals surface area contributed by atoms with Crippen LogP contribution in [0.1, 0.15) is 20.3 Å². The van der Waals surface area contributed by atoms with Crippen LogP contribution in [0, 0.1) is 5.92 Å². The molecule has 88 valence electrons. The Morgan fingerprint density at radius 3 is 2.13 bits per heavy atom. The van der Waals surface area contributed by atoms with E-state index < -0.39 is 36.4 Å². The van der Waals surface area contributed by atoms with Gasteiger partial charge in [0.05, 0.1) is 6.42 Å². The number of carboxylic acids is 1. The number of rotatable bonds is 4. The maximum absolute atomic E-state index is 11.8. The average Bonchev–Trinajstić information content (AvgIpc) is 1.98. The van der Waals surface area contributed by atoms with Crippen molar-refractivity contribution in [3.63, 3.8) is 0 Å². The molecule has 0 aromatic carbocycles. The van der Waals surface area contributed by atoms with Crippen molar-refractivity contribution in [2.24, 2.45) is 5.92 Å². The van der Waals surface area contributed by atoms with Gasteiger partial charge in [0.2, 0.25) is 5.91 Å². The maximum atomic E-state index is 11.8. The highest BCUT2D eigenvalue weighted by Crippen LogP contribution is 2.21. The van der Waals surface area contributed by atoms with Crippen LogP contribution in [0.15, 0.2) is 0 Å². The predicted molar refractivity (Wildman–Crippen MR) is 45.1 cm³/mol. The van der Waals surface area contributed by atoms with E-state index in [0.717, 1.165) is 6.92 Å². The van der Waals surface area contributed by atoms with Gasteiger partial charge < -0.3 is 10.4 Å². The van der Waals surface area contributed by atoms with Crippen LogP contribution in [0.3, 0.4) is 0 Å². The molecule has 0 aromatic heterocycles. The van der Waals surface area contributed by atoms with Crippen molar-refractivity contribution >= 4 is 11.9 Å².